The summed E-state index contributed by atoms with van der Waals surface area (Å²) in [5.74, 6) is 3.02. The molecule has 10 nitrogen and oxygen atoms in total. The molecule has 0 radical (unpaired) electrons. The largest absolute Gasteiger partial charge is 0.434 e. The number of hydrogen-bond acceptors (Lipinski definition) is 10. The van der Waals surface area contributed by atoms with Crippen LogP contribution in [0, 0.1) is 28.5 Å². The van der Waals surface area contributed by atoms with E-state index < -0.39 is 0 Å². The van der Waals surface area contributed by atoms with Gasteiger partial charge in [0.25, 0.3) is 5.88 Å². The molecule has 2 spiro atoms. The summed E-state index contributed by atoms with van der Waals surface area (Å²) in [5, 5.41) is 8.44. The van der Waals surface area contributed by atoms with E-state index >= 15 is 0 Å². The van der Waals surface area contributed by atoms with Gasteiger partial charge in [-0.05, 0) is 62.1 Å². The minimum atomic E-state index is -0.337. The highest BCUT2D eigenvalue weighted by Gasteiger charge is 2.56. The molecule has 1 aromatic carbocycles. The maximum atomic E-state index is 14.6. The second-order valence-corrected chi connectivity index (χ2v) is 15.5. The summed E-state index contributed by atoms with van der Waals surface area (Å²) in [7, 11) is 0. The molecule has 2 aliphatic carbocycles. The van der Waals surface area contributed by atoms with Gasteiger partial charge in [0.05, 0.1) is 18.9 Å². The molecule has 9 rings (SSSR count). The highest BCUT2D eigenvalue weighted by atomic mass is 19.1. The fraction of sp³-hybridized carbons (Fsp3) is 0.629. The van der Waals surface area contributed by atoms with Crippen LogP contribution in [-0.4, -0.2) is 99.5 Å². The Bertz CT molecular complexity index is 1610. The number of ether oxygens (including phenoxy) is 2. The predicted octanol–water partition coefficient (Wildman–Crippen LogP) is 4.78. The lowest BCUT2D eigenvalue weighted by atomic mass is 9.66. The van der Waals surface area contributed by atoms with E-state index in [-0.39, 0.29) is 11.2 Å². The smallest absolute Gasteiger partial charge is 0.282 e. The summed E-state index contributed by atoms with van der Waals surface area (Å²) in [6, 6.07) is 5.99. The number of likely N-dealkylation sites (tertiary alicyclic amines) is 2. The fourth-order valence-corrected chi connectivity index (χ4v) is 9.19. The zero-order valence-electron chi connectivity index (χ0n) is 26.8. The molecular weight excluding hydrogens is 583 g/mol. The Labute approximate surface area is 269 Å². The van der Waals surface area contributed by atoms with Crippen LogP contribution in [0.2, 0.25) is 0 Å². The van der Waals surface area contributed by atoms with Crippen molar-refractivity contribution in [3.63, 3.8) is 0 Å². The minimum Gasteiger partial charge on any atom is -0.434 e. The first-order chi connectivity index (χ1) is 22.4. The number of benzene rings is 1. The number of rotatable bonds is 9. The number of hydrogen-bond donors (Lipinski definition) is 0. The average molecular weight is 627 g/mol. The molecule has 0 bridgehead atoms. The van der Waals surface area contributed by atoms with Crippen LogP contribution in [0.25, 0.3) is 11.1 Å². The van der Waals surface area contributed by atoms with Gasteiger partial charge in [0.15, 0.2) is 5.82 Å². The Morgan fingerprint density at radius 3 is 2.54 bits per heavy atom. The van der Waals surface area contributed by atoms with E-state index in [1.807, 2.05) is 0 Å². The summed E-state index contributed by atoms with van der Waals surface area (Å²) in [6.07, 6.45) is 10.8. The van der Waals surface area contributed by atoms with Crippen LogP contribution in [0.15, 0.2) is 37.1 Å². The first-order valence-corrected chi connectivity index (χ1v) is 17.1. The molecule has 46 heavy (non-hydrogen) atoms. The van der Waals surface area contributed by atoms with E-state index in [0.717, 1.165) is 81.9 Å². The monoisotopic (exact) mass is 626 g/mol. The minimum absolute atomic E-state index is 0.258. The average Bonchev–Trinajstić information content (AvgIpc) is 3.72. The molecule has 11 heteroatoms. The summed E-state index contributed by atoms with van der Waals surface area (Å²) in [5.41, 5.74) is 3.12. The Morgan fingerprint density at radius 1 is 0.978 bits per heavy atom. The maximum Gasteiger partial charge on any atom is 0.282 e. The Morgan fingerprint density at radius 2 is 1.80 bits per heavy atom. The van der Waals surface area contributed by atoms with Crippen molar-refractivity contribution in [2.45, 2.75) is 64.0 Å². The van der Waals surface area contributed by atoms with E-state index in [4.69, 9.17) is 9.47 Å². The number of halogens is 1. The van der Waals surface area contributed by atoms with Gasteiger partial charge in [0, 0.05) is 85.4 Å². The zero-order valence-corrected chi connectivity index (χ0v) is 26.8. The first-order valence-electron chi connectivity index (χ1n) is 17.1. The number of nitrogens with zero attached hydrogens (tertiary/aromatic N) is 8. The third-order valence-corrected chi connectivity index (χ3v) is 11.7. The molecule has 1 atom stereocenters. The third kappa shape index (κ3) is 4.97. The van der Waals surface area contributed by atoms with Crippen molar-refractivity contribution in [2.24, 2.45) is 22.7 Å². The van der Waals surface area contributed by atoms with Gasteiger partial charge in [-0.15, -0.1) is 10.2 Å². The van der Waals surface area contributed by atoms with Gasteiger partial charge in [0.1, 0.15) is 24.2 Å². The molecule has 0 N–H and O–H groups in total. The fourth-order valence-electron chi connectivity index (χ4n) is 9.19. The quantitative estimate of drug-likeness (QED) is 0.330. The predicted molar refractivity (Wildman–Crippen MR) is 170 cm³/mol. The molecule has 6 heterocycles. The second kappa shape index (κ2) is 10.9. The van der Waals surface area contributed by atoms with Gasteiger partial charge in [-0.1, -0.05) is 13.8 Å². The molecule has 4 aliphatic heterocycles. The van der Waals surface area contributed by atoms with Crippen molar-refractivity contribution < 1.29 is 13.9 Å². The van der Waals surface area contributed by atoms with E-state index in [1.54, 1.807) is 18.6 Å². The lowest BCUT2D eigenvalue weighted by Crippen LogP contribution is -2.71. The van der Waals surface area contributed by atoms with Gasteiger partial charge in [-0.25, -0.2) is 19.3 Å². The van der Waals surface area contributed by atoms with Crippen molar-refractivity contribution in [1.29, 1.82) is 0 Å². The molecular formula is C35H43FN8O2. The number of anilines is 1. The standard InChI is InChI=1S/C35H43FN8O2/c1-22(2)31(24-9-26(10-24)43-16-35(17-43)18-45-19-35)44-14-34(15-44)7-8-42(13-34)32-33(41-40-21-39-32)46-29-6-5-25(36)11-27(29)28-12-37-20-38-30(28)23-3-4-23/h5-6,11-12,20-24,26,31H,3-4,7-10,13-19H2,1-2H3/t24?,26?,31-/m1/s1. The first kappa shape index (κ1) is 28.9. The topological polar surface area (TPSA) is 92.6 Å². The molecule has 6 fully saturated rings. The van der Waals surface area contributed by atoms with Crippen LogP contribution in [-0.2, 0) is 4.74 Å². The summed E-state index contributed by atoms with van der Waals surface area (Å²) < 4.78 is 26.5. The summed E-state index contributed by atoms with van der Waals surface area (Å²) in [4.78, 5) is 21.2. The molecule has 6 aliphatic rings. The van der Waals surface area contributed by atoms with Crippen LogP contribution < -0.4 is 9.64 Å². The van der Waals surface area contributed by atoms with E-state index in [0.29, 0.717) is 46.3 Å². The molecule has 3 aromatic rings. The van der Waals surface area contributed by atoms with Crippen molar-refractivity contribution in [3.8, 4) is 22.8 Å². The summed E-state index contributed by atoms with van der Waals surface area (Å²) >= 11 is 0. The van der Waals surface area contributed by atoms with Gasteiger partial charge < -0.3 is 14.4 Å². The second-order valence-electron chi connectivity index (χ2n) is 15.5. The third-order valence-electron chi connectivity index (χ3n) is 11.7. The Hall–Kier alpha value is -3.28. The molecule has 2 aromatic heterocycles. The highest BCUT2D eigenvalue weighted by molar-refractivity contribution is 5.73. The highest BCUT2D eigenvalue weighted by Crippen LogP contribution is 2.50. The van der Waals surface area contributed by atoms with Crippen LogP contribution in [0.3, 0.4) is 0 Å². The molecule has 2 saturated carbocycles. The lowest BCUT2D eigenvalue weighted by Gasteiger charge is -2.62. The Balaban J connectivity index is 0.872. The normalized spacial score (nSPS) is 27.3. The number of aromatic nitrogens is 5. The van der Waals surface area contributed by atoms with Crippen LogP contribution >= 0.6 is 0 Å². The van der Waals surface area contributed by atoms with Gasteiger partial charge in [0.2, 0.25) is 0 Å². The Kier molecular flexibility index (Phi) is 6.84. The molecule has 0 amide bonds. The maximum absolute atomic E-state index is 14.6. The van der Waals surface area contributed by atoms with Crippen LogP contribution in [0.5, 0.6) is 11.6 Å². The van der Waals surface area contributed by atoms with E-state index in [1.165, 1.54) is 44.4 Å². The van der Waals surface area contributed by atoms with Crippen molar-refractivity contribution in [1.82, 2.24) is 34.9 Å². The van der Waals surface area contributed by atoms with Crippen molar-refractivity contribution in [2.75, 3.05) is 57.4 Å². The van der Waals surface area contributed by atoms with Crippen LogP contribution in [0.4, 0.5) is 10.2 Å². The van der Waals surface area contributed by atoms with E-state index in [9.17, 15) is 4.39 Å². The lowest BCUT2D eigenvalue weighted by molar-refractivity contribution is -0.210. The van der Waals surface area contributed by atoms with Crippen LogP contribution in [0.1, 0.15) is 57.6 Å². The van der Waals surface area contributed by atoms with Gasteiger partial charge in [-0.3, -0.25) is 9.80 Å². The van der Waals surface area contributed by atoms with Gasteiger partial charge in [-0.2, -0.15) is 0 Å². The van der Waals surface area contributed by atoms with E-state index in [2.05, 4.69) is 53.7 Å². The van der Waals surface area contributed by atoms with Crippen molar-refractivity contribution >= 4 is 5.82 Å². The van der Waals surface area contributed by atoms with Gasteiger partial charge >= 0.3 is 0 Å². The molecule has 0 unspecified atom stereocenters. The summed E-state index contributed by atoms with van der Waals surface area (Å²) in [6.45, 7) is 13.3. The molecule has 242 valence electrons. The SMILES string of the molecule is CC(C)[C@H](C1CC(N2CC3(COC3)C2)C1)N1CC2(CCN(c3ncnnc3Oc3ccc(F)cc3-c3cncnc3C3CC3)C2)C1. The zero-order chi connectivity index (χ0) is 31.0. The van der Waals surface area contributed by atoms with Crippen molar-refractivity contribution in [3.05, 3.63) is 48.6 Å². The molecule has 4 saturated heterocycles.